The first-order chi connectivity index (χ1) is 8.66. The molecular weight excluding hydrogens is 252 g/mol. The van der Waals surface area contributed by atoms with E-state index in [9.17, 15) is 4.79 Å². The van der Waals surface area contributed by atoms with Gasteiger partial charge in [0.1, 0.15) is 0 Å². The lowest BCUT2D eigenvalue weighted by Gasteiger charge is -2.27. The van der Waals surface area contributed by atoms with Gasteiger partial charge in [-0.25, -0.2) is 0 Å². The third-order valence-corrected chi connectivity index (χ3v) is 3.85. The Bertz CT molecular complexity index is 417. The second-order valence-electron chi connectivity index (χ2n) is 4.73. The minimum atomic E-state index is -0.661. The quantitative estimate of drug-likeness (QED) is 0.881. The molecule has 0 aliphatic heterocycles. The molecule has 1 heterocycles. The van der Waals surface area contributed by atoms with Crippen molar-refractivity contribution in [3.63, 3.8) is 0 Å². The molecular formula is C13H17ClN2O2. The first-order valence-corrected chi connectivity index (χ1v) is 6.59. The molecule has 2 rings (SSSR count). The van der Waals surface area contributed by atoms with E-state index < -0.39 is 5.97 Å². The maximum Gasteiger partial charge on any atom is 0.306 e. The van der Waals surface area contributed by atoms with Crippen molar-refractivity contribution in [1.82, 2.24) is 10.3 Å². The lowest BCUT2D eigenvalue weighted by atomic mass is 9.86. The van der Waals surface area contributed by atoms with E-state index in [0.29, 0.717) is 17.6 Å². The van der Waals surface area contributed by atoms with Crippen LogP contribution in [0.2, 0.25) is 5.02 Å². The van der Waals surface area contributed by atoms with Gasteiger partial charge in [0.05, 0.1) is 10.9 Å². The lowest BCUT2D eigenvalue weighted by Crippen LogP contribution is -2.34. The van der Waals surface area contributed by atoms with Crippen LogP contribution in [-0.2, 0) is 11.3 Å². The normalized spacial score (nSPS) is 23.8. The fourth-order valence-electron chi connectivity index (χ4n) is 2.35. The van der Waals surface area contributed by atoms with Crippen molar-refractivity contribution in [2.75, 3.05) is 0 Å². The highest BCUT2D eigenvalue weighted by molar-refractivity contribution is 6.31. The fourth-order valence-corrected chi connectivity index (χ4v) is 2.53. The Kier molecular flexibility index (Phi) is 4.55. The molecule has 1 aliphatic carbocycles. The monoisotopic (exact) mass is 268 g/mol. The fraction of sp³-hybridized carbons (Fsp3) is 0.538. The van der Waals surface area contributed by atoms with E-state index in [2.05, 4.69) is 10.3 Å². The molecule has 98 valence electrons. The van der Waals surface area contributed by atoms with E-state index >= 15 is 0 Å². The number of rotatable bonds is 4. The molecule has 4 nitrogen and oxygen atoms in total. The third kappa shape index (κ3) is 3.43. The highest BCUT2D eigenvalue weighted by Crippen LogP contribution is 2.25. The van der Waals surface area contributed by atoms with Gasteiger partial charge >= 0.3 is 5.97 Å². The summed E-state index contributed by atoms with van der Waals surface area (Å²) in [4.78, 5) is 14.8. The number of carbonyl (C=O) groups is 1. The van der Waals surface area contributed by atoms with Gasteiger partial charge in [-0.3, -0.25) is 9.78 Å². The molecule has 1 aromatic rings. The van der Waals surface area contributed by atoms with Gasteiger partial charge in [0.2, 0.25) is 0 Å². The van der Waals surface area contributed by atoms with Crippen LogP contribution in [0.15, 0.2) is 18.5 Å². The topological polar surface area (TPSA) is 62.2 Å². The van der Waals surface area contributed by atoms with Gasteiger partial charge in [-0.15, -0.1) is 0 Å². The van der Waals surface area contributed by atoms with Crippen molar-refractivity contribution in [1.29, 1.82) is 0 Å². The molecule has 0 aromatic carbocycles. The Morgan fingerprint density at radius 1 is 1.44 bits per heavy atom. The number of nitrogens with one attached hydrogen (secondary N) is 1. The average molecular weight is 269 g/mol. The summed E-state index contributed by atoms with van der Waals surface area (Å²) in [6.45, 7) is 0.712. The summed E-state index contributed by atoms with van der Waals surface area (Å²) in [5, 5.41) is 13.0. The minimum absolute atomic E-state index is 0.160. The van der Waals surface area contributed by atoms with Crippen molar-refractivity contribution in [3.8, 4) is 0 Å². The number of aromatic nitrogens is 1. The van der Waals surface area contributed by atoms with E-state index in [1.165, 1.54) is 0 Å². The number of carboxylic acids is 1. The summed E-state index contributed by atoms with van der Waals surface area (Å²) in [7, 11) is 0. The molecule has 0 bridgehead atoms. The Labute approximate surface area is 111 Å². The molecule has 2 N–H and O–H groups in total. The molecule has 1 saturated carbocycles. The van der Waals surface area contributed by atoms with Crippen molar-refractivity contribution >= 4 is 17.6 Å². The lowest BCUT2D eigenvalue weighted by molar-refractivity contribution is -0.142. The maximum absolute atomic E-state index is 10.8. The number of hydrogen-bond acceptors (Lipinski definition) is 3. The molecule has 0 atom stereocenters. The van der Waals surface area contributed by atoms with Gasteiger partial charge < -0.3 is 10.4 Å². The second kappa shape index (κ2) is 6.16. The van der Waals surface area contributed by atoms with Crippen LogP contribution in [0.1, 0.15) is 31.2 Å². The Balaban J connectivity index is 1.79. The summed E-state index contributed by atoms with van der Waals surface area (Å²) in [5.41, 5.74) is 1.03. The first-order valence-electron chi connectivity index (χ1n) is 6.21. The second-order valence-corrected chi connectivity index (χ2v) is 5.14. The van der Waals surface area contributed by atoms with E-state index in [4.69, 9.17) is 16.7 Å². The summed E-state index contributed by atoms with van der Waals surface area (Å²) < 4.78 is 0. The van der Waals surface area contributed by atoms with Gasteiger partial charge in [-0.1, -0.05) is 11.6 Å². The third-order valence-electron chi connectivity index (χ3n) is 3.51. The largest absolute Gasteiger partial charge is 0.481 e. The smallest absolute Gasteiger partial charge is 0.306 e. The van der Waals surface area contributed by atoms with Gasteiger partial charge in [0.15, 0.2) is 0 Å². The Morgan fingerprint density at radius 2 is 2.17 bits per heavy atom. The summed E-state index contributed by atoms with van der Waals surface area (Å²) in [6.07, 6.45) is 6.72. The molecule has 0 saturated heterocycles. The van der Waals surface area contributed by atoms with Crippen LogP contribution >= 0.6 is 11.6 Å². The highest BCUT2D eigenvalue weighted by Gasteiger charge is 2.25. The number of carboxylic acid groups (broad SMARTS) is 1. The van der Waals surface area contributed by atoms with E-state index in [0.717, 1.165) is 31.2 Å². The predicted octanol–water partition coefficient (Wildman–Crippen LogP) is 2.47. The van der Waals surface area contributed by atoms with Crippen molar-refractivity contribution < 1.29 is 9.90 Å². The SMILES string of the molecule is O=C(O)C1CCC(NCc2ccncc2Cl)CC1. The standard InChI is InChI=1S/C13H17ClN2O2/c14-12-8-15-6-5-10(12)7-16-11-3-1-9(2-4-11)13(17)18/h5-6,8-9,11,16H,1-4,7H2,(H,17,18). The molecule has 1 fully saturated rings. The number of hydrogen-bond donors (Lipinski definition) is 2. The molecule has 0 radical (unpaired) electrons. The molecule has 1 aromatic heterocycles. The van der Waals surface area contributed by atoms with Gasteiger partial charge in [-0.05, 0) is 37.3 Å². The van der Waals surface area contributed by atoms with E-state index in [1.54, 1.807) is 12.4 Å². The van der Waals surface area contributed by atoms with Crippen LogP contribution in [0.4, 0.5) is 0 Å². The summed E-state index contributed by atoms with van der Waals surface area (Å²) >= 11 is 6.03. The van der Waals surface area contributed by atoms with Crippen LogP contribution in [-0.4, -0.2) is 22.1 Å². The van der Waals surface area contributed by atoms with E-state index in [1.807, 2.05) is 6.07 Å². The Morgan fingerprint density at radius 3 is 2.78 bits per heavy atom. The average Bonchev–Trinajstić information content (AvgIpc) is 2.38. The molecule has 5 heteroatoms. The molecule has 0 amide bonds. The zero-order valence-electron chi connectivity index (χ0n) is 10.1. The first kappa shape index (κ1) is 13.3. The van der Waals surface area contributed by atoms with Crippen molar-refractivity contribution in [2.45, 2.75) is 38.3 Å². The maximum atomic E-state index is 10.8. The van der Waals surface area contributed by atoms with Gasteiger partial charge in [0.25, 0.3) is 0 Å². The summed E-state index contributed by atoms with van der Waals surface area (Å²) in [6, 6.07) is 2.29. The highest BCUT2D eigenvalue weighted by atomic mass is 35.5. The van der Waals surface area contributed by atoms with Crippen LogP contribution in [0.5, 0.6) is 0 Å². The number of nitrogens with zero attached hydrogens (tertiary/aromatic N) is 1. The van der Waals surface area contributed by atoms with Gasteiger partial charge in [-0.2, -0.15) is 0 Å². The molecule has 1 aliphatic rings. The number of halogens is 1. The molecule has 0 unspecified atom stereocenters. The number of pyridine rings is 1. The molecule has 0 spiro atoms. The molecule has 18 heavy (non-hydrogen) atoms. The zero-order valence-corrected chi connectivity index (χ0v) is 10.9. The van der Waals surface area contributed by atoms with Crippen LogP contribution in [0.25, 0.3) is 0 Å². The van der Waals surface area contributed by atoms with Crippen molar-refractivity contribution in [3.05, 3.63) is 29.0 Å². The van der Waals surface area contributed by atoms with E-state index in [-0.39, 0.29) is 5.92 Å². The van der Waals surface area contributed by atoms with Gasteiger partial charge in [0, 0.05) is 25.0 Å². The van der Waals surface area contributed by atoms with Crippen LogP contribution in [0, 0.1) is 5.92 Å². The summed E-state index contributed by atoms with van der Waals surface area (Å²) in [5.74, 6) is -0.821. The van der Waals surface area contributed by atoms with Crippen molar-refractivity contribution in [2.24, 2.45) is 5.92 Å². The predicted molar refractivity (Wildman–Crippen MR) is 69.5 cm³/mol. The zero-order chi connectivity index (χ0) is 13.0. The van der Waals surface area contributed by atoms with Crippen LogP contribution in [0.3, 0.4) is 0 Å². The minimum Gasteiger partial charge on any atom is -0.481 e. The Hall–Kier alpha value is -1.13. The number of aliphatic carboxylic acids is 1. The van der Waals surface area contributed by atoms with Crippen LogP contribution < -0.4 is 5.32 Å².